The zero-order chi connectivity index (χ0) is 21.6. The second-order valence-electron chi connectivity index (χ2n) is 7.53. The minimum absolute atomic E-state index is 0.0812. The van der Waals surface area contributed by atoms with E-state index in [9.17, 15) is 4.79 Å². The van der Waals surface area contributed by atoms with Crippen LogP contribution in [0.4, 0.5) is 0 Å². The van der Waals surface area contributed by atoms with Crippen LogP contribution in [0, 0.1) is 5.92 Å². The zero-order valence-corrected chi connectivity index (χ0v) is 17.7. The molecule has 3 heterocycles. The van der Waals surface area contributed by atoms with Gasteiger partial charge in [-0.25, -0.2) is 0 Å². The van der Waals surface area contributed by atoms with E-state index in [1.54, 1.807) is 18.0 Å². The van der Waals surface area contributed by atoms with Crippen LogP contribution in [0.1, 0.15) is 43.4 Å². The first-order valence-corrected chi connectivity index (χ1v) is 10.5. The highest BCUT2D eigenvalue weighted by molar-refractivity contribution is 5.80. The lowest BCUT2D eigenvalue weighted by Crippen LogP contribution is -2.35. The van der Waals surface area contributed by atoms with Gasteiger partial charge >= 0.3 is 0 Å². The predicted molar refractivity (Wildman–Crippen MR) is 111 cm³/mol. The molecule has 0 aliphatic carbocycles. The lowest BCUT2D eigenvalue weighted by molar-refractivity contribution is -0.127. The number of tetrazole rings is 1. The first kappa shape index (κ1) is 21.1. The molecule has 1 aliphatic rings. The van der Waals surface area contributed by atoms with E-state index < -0.39 is 0 Å². The first-order chi connectivity index (χ1) is 15.2. The summed E-state index contributed by atoms with van der Waals surface area (Å²) < 4.78 is 14.6. The van der Waals surface area contributed by atoms with Gasteiger partial charge in [-0.3, -0.25) is 9.48 Å². The third-order valence-corrected chi connectivity index (χ3v) is 5.43. The number of para-hydroxylation sites is 1. The van der Waals surface area contributed by atoms with Crippen LogP contribution in [-0.4, -0.2) is 56.2 Å². The summed E-state index contributed by atoms with van der Waals surface area (Å²) in [7, 11) is 1.68. The molecule has 0 spiro atoms. The number of carbonyl (C=O) groups excluding carboxylic acids is 1. The molecule has 1 saturated heterocycles. The van der Waals surface area contributed by atoms with E-state index in [4.69, 9.17) is 9.47 Å². The highest BCUT2D eigenvalue weighted by Gasteiger charge is 2.38. The maximum absolute atomic E-state index is 13.2. The third kappa shape index (κ3) is 4.64. The Kier molecular flexibility index (Phi) is 6.68. The fourth-order valence-electron chi connectivity index (χ4n) is 3.88. The van der Waals surface area contributed by atoms with E-state index in [1.165, 1.54) is 0 Å². The quantitative estimate of drug-likeness (QED) is 0.521. The van der Waals surface area contributed by atoms with Gasteiger partial charge in [-0.1, -0.05) is 18.2 Å². The smallest absolute Gasteiger partial charge is 0.226 e. The summed E-state index contributed by atoms with van der Waals surface area (Å²) in [6, 6.07) is 11.2. The number of aryl methyl sites for hydroxylation is 1. The molecule has 164 valence electrons. The van der Waals surface area contributed by atoms with E-state index in [1.807, 2.05) is 48.0 Å². The minimum Gasteiger partial charge on any atom is -0.385 e. The van der Waals surface area contributed by atoms with Crippen molar-refractivity contribution in [2.45, 2.75) is 38.5 Å². The summed E-state index contributed by atoms with van der Waals surface area (Å²) in [5.74, 6) is 0.184. The average Bonchev–Trinajstić information content (AvgIpc) is 3.54. The second kappa shape index (κ2) is 9.80. The summed E-state index contributed by atoms with van der Waals surface area (Å²) >= 11 is 0. The summed E-state index contributed by atoms with van der Waals surface area (Å²) in [4.78, 5) is 13.2. The Labute approximate surface area is 180 Å². The van der Waals surface area contributed by atoms with Crippen LogP contribution < -0.4 is 5.32 Å². The van der Waals surface area contributed by atoms with Crippen molar-refractivity contribution in [3.8, 4) is 5.69 Å². The zero-order valence-electron chi connectivity index (χ0n) is 17.7. The Morgan fingerprint density at radius 1 is 1.32 bits per heavy atom. The standard InChI is InChI=1S/C21H27N7O3/c1-15(20-24-25-26-28(20)16-7-4-3-5-8-16)23-21(29)17-10-14-31-19(17)18-9-11-22-27(18)12-6-13-30-2/h3-5,7-9,11,15,17,19H,6,10,12-14H2,1-2H3,(H,23,29)/t15-,17+,19+/m1/s1. The second-order valence-corrected chi connectivity index (χ2v) is 7.53. The maximum atomic E-state index is 13.2. The van der Waals surface area contributed by atoms with E-state index >= 15 is 0 Å². The molecule has 3 aromatic rings. The summed E-state index contributed by atoms with van der Waals surface area (Å²) in [5.41, 5.74) is 1.75. The van der Waals surface area contributed by atoms with Gasteiger partial charge in [-0.15, -0.1) is 5.10 Å². The van der Waals surface area contributed by atoms with Crippen molar-refractivity contribution >= 4 is 5.91 Å². The number of hydrogen-bond acceptors (Lipinski definition) is 7. The molecule has 0 bridgehead atoms. The molecular formula is C21H27N7O3. The van der Waals surface area contributed by atoms with Gasteiger partial charge in [0, 0.05) is 33.1 Å². The molecule has 2 aromatic heterocycles. The number of aromatic nitrogens is 6. The molecule has 1 aliphatic heterocycles. The van der Waals surface area contributed by atoms with Gasteiger partial charge in [0.2, 0.25) is 5.91 Å². The van der Waals surface area contributed by atoms with Crippen molar-refractivity contribution in [2.75, 3.05) is 20.3 Å². The molecule has 0 radical (unpaired) electrons. The Balaban J connectivity index is 1.46. The van der Waals surface area contributed by atoms with Crippen molar-refractivity contribution in [1.29, 1.82) is 0 Å². The molecule has 4 rings (SSSR count). The fraction of sp³-hybridized carbons (Fsp3) is 0.476. The molecule has 3 atom stereocenters. The number of rotatable bonds is 9. The van der Waals surface area contributed by atoms with Gasteiger partial charge in [-0.05, 0) is 48.4 Å². The van der Waals surface area contributed by atoms with Crippen molar-refractivity contribution in [1.82, 2.24) is 35.3 Å². The fourth-order valence-corrected chi connectivity index (χ4v) is 3.88. The molecule has 1 aromatic carbocycles. The Bertz CT molecular complexity index is 988. The monoisotopic (exact) mass is 425 g/mol. The molecule has 1 amide bonds. The van der Waals surface area contributed by atoms with Crippen LogP contribution in [0.5, 0.6) is 0 Å². The lowest BCUT2D eigenvalue weighted by atomic mass is 9.97. The van der Waals surface area contributed by atoms with E-state index in [2.05, 4.69) is 25.9 Å². The van der Waals surface area contributed by atoms with Crippen LogP contribution in [-0.2, 0) is 20.8 Å². The molecule has 1 fully saturated rings. The van der Waals surface area contributed by atoms with Gasteiger partial charge in [-0.2, -0.15) is 9.78 Å². The van der Waals surface area contributed by atoms with E-state index in [0.29, 0.717) is 32.0 Å². The van der Waals surface area contributed by atoms with Crippen LogP contribution in [0.3, 0.4) is 0 Å². The SMILES string of the molecule is COCCCn1nccc1[C@H]1OCC[C@@H]1C(=O)N[C@H](C)c1nnnn1-c1ccccc1. The van der Waals surface area contributed by atoms with Gasteiger partial charge in [0.15, 0.2) is 5.82 Å². The number of carbonyl (C=O) groups is 1. The van der Waals surface area contributed by atoms with E-state index in [-0.39, 0.29) is 24.0 Å². The normalized spacial score (nSPS) is 19.4. The summed E-state index contributed by atoms with van der Waals surface area (Å²) in [6.45, 7) is 3.78. The van der Waals surface area contributed by atoms with Crippen molar-refractivity contribution < 1.29 is 14.3 Å². The molecule has 10 heteroatoms. The number of nitrogens with zero attached hydrogens (tertiary/aromatic N) is 6. The van der Waals surface area contributed by atoms with Crippen molar-refractivity contribution in [3.05, 3.63) is 54.1 Å². The maximum Gasteiger partial charge on any atom is 0.226 e. The Morgan fingerprint density at radius 2 is 2.16 bits per heavy atom. The summed E-state index contributed by atoms with van der Waals surface area (Å²) in [6.07, 6.45) is 2.90. The molecular weight excluding hydrogens is 398 g/mol. The number of hydrogen-bond donors (Lipinski definition) is 1. The minimum atomic E-state index is -0.365. The van der Waals surface area contributed by atoms with Gasteiger partial charge < -0.3 is 14.8 Å². The third-order valence-electron chi connectivity index (χ3n) is 5.43. The molecule has 1 N–H and O–H groups in total. The van der Waals surface area contributed by atoms with Crippen LogP contribution >= 0.6 is 0 Å². The molecule has 0 saturated carbocycles. The average molecular weight is 425 g/mol. The summed E-state index contributed by atoms with van der Waals surface area (Å²) in [5, 5.41) is 19.5. The highest BCUT2D eigenvalue weighted by atomic mass is 16.5. The largest absolute Gasteiger partial charge is 0.385 e. The lowest BCUT2D eigenvalue weighted by Gasteiger charge is -2.21. The topological polar surface area (TPSA) is 109 Å². The number of methoxy groups -OCH3 is 1. The number of benzene rings is 1. The first-order valence-electron chi connectivity index (χ1n) is 10.5. The van der Waals surface area contributed by atoms with E-state index in [0.717, 1.165) is 17.8 Å². The van der Waals surface area contributed by atoms with Crippen molar-refractivity contribution in [3.63, 3.8) is 0 Å². The molecule has 0 unspecified atom stereocenters. The van der Waals surface area contributed by atoms with Gasteiger partial charge in [0.25, 0.3) is 0 Å². The molecule has 10 nitrogen and oxygen atoms in total. The Morgan fingerprint density at radius 3 is 2.97 bits per heavy atom. The van der Waals surface area contributed by atoms with Gasteiger partial charge in [0.05, 0.1) is 23.3 Å². The molecule has 31 heavy (non-hydrogen) atoms. The number of amides is 1. The van der Waals surface area contributed by atoms with Crippen LogP contribution in [0.2, 0.25) is 0 Å². The predicted octanol–water partition coefficient (Wildman–Crippen LogP) is 1.85. The number of ether oxygens (including phenoxy) is 2. The van der Waals surface area contributed by atoms with Gasteiger partial charge in [0.1, 0.15) is 6.10 Å². The van der Waals surface area contributed by atoms with Crippen LogP contribution in [0.25, 0.3) is 5.69 Å². The number of nitrogens with one attached hydrogen (secondary N) is 1. The highest BCUT2D eigenvalue weighted by Crippen LogP contribution is 2.35. The van der Waals surface area contributed by atoms with Crippen LogP contribution in [0.15, 0.2) is 42.6 Å². The Hall–Kier alpha value is -3.11. The van der Waals surface area contributed by atoms with Crippen molar-refractivity contribution in [2.24, 2.45) is 5.92 Å².